The summed E-state index contributed by atoms with van der Waals surface area (Å²) in [4.78, 5) is 72.9. The molecule has 0 amide bonds. The van der Waals surface area contributed by atoms with Gasteiger partial charge in [0.2, 0.25) is 0 Å². The van der Waals surface area contributed by atoms with Crippen LogP contribution in [0.2, 0.25) is 0 Å². The molecule has 0 aromatic rings. The van der Waals surface area contributed by atoms with Crippen molar-refractivity contribution in [2.45, 2.75) is 414 Å². The zero-order valence-corrected chi connectivity index (χ0v) is 64.6. The van der Waals surface area contributed by atoms with Crippen molar-refractivity contribution in [3.63, 3.8) is 0 Å². The van der Waals surface area contributed by atoms with Crippen LogP contribution in [0.25, 0.3) is 0 Å². The molecule has 0 saturated heterocycles. The highest BCUT2D eigenvalue weighted by Crippen LogP contribution is 2.45. The van der Waals surface area contributed by atoms with Gasteiger partial charge in [0.25, 0.3) is 0 Å². The predicted octanol–water partition coefficient (Wildman–Crippen LogP) is 22.6. The van der Waals surface area contributed by atoms with E-state index in [0.717, 1.165) is 108 Å². The molecule has 0 bridgehead atoms. The van der Waals surface area contributed by atoms with Crippen molar-refractivity contribution in [1.82, 2.24) is 0 Å². The van der Waals surface area contributed by atoms with E-state index in [-0.39, 0.29) is 25.7 Å². The van der Waals surface area contributed by atoms with E-state index in [1.165, 1.54) is 205 Å². The first-order valence-corrected chi connectivity index (χ1v) is 42.9. The molecule has 0 aromatic carbocycles. The Kier molecular flexibility index (Phi) is 66.2. The Balaban J connectivity index is 5.25. The molecule has 0 aliphatic carbocycles. The summed E-state index contributed by atoms with van der Waals surface area (Å²) in [6, 6.07) is 0. The predicted molar refractivity (Wildman–Crippen MR) is 391 cm³/mol. The number of ether oxygens (including phenoxy) is 4. The van der Waals surface area contributed by atoms with Gasteiger partial charge >= 0.3 is 39.5 Å². The van der Waals surface area contributed by atoms with E-state index in [2.05, 4.69) is 48.5 Å². The molecule has 0 saturated carbocycles. The Labute approximate surface area is 588 Å². The normalized spacial score (nSPS) is 14.6. The Morgan fingerprint density at radius 3 is 0.792 bits per heavy atom. The van der Waals surface area contributed by atoms with Crippen molar-refractivity contribution in [1.29, 1.82) is 0 Å². The van der Waals surface area contributed by atoms with E-state index >= 15 is 0 Å². The van der Waals surface area contributed by atoms with E-state index in [1.54, 1.807) is 0 Å². The minimum Gasteiger partial charge on any atom is -0.462 e. The fraction of sp³-hybridized carbons (Fsp3) is 0.948. The Hall–Kier alpha value is -1.94. The molecule has 96 heavy (non-hydrogen) atoms. The largest absolute Gasteiger partial charge is 0.472 e. The molecule has 0 spiro atoms. The number of phosphoric acid groups is 2. The van der Waals surface area contributed by atoms with Crippen LogP contribution >= 0.6 is 15.6 Å². The van der Waals surface area contributed by atoms with Gasteiger partial charge in [0.1, 0.15) is 19.3 Å². The first kappa shape index (κ1) is 94.1. The zero-order chi connectivity index (χ0) is 70.9. The van der Waals surface area contributed by atoms with Crippen molar-refractivity contribution in [3.8, 4) is 0 Å². The smallest absolute Gasteiger partial charge is 0.462 e. The molecule has 570 valence electrons. The second kappa shape index (κ2) is 67.5. The number of hydrogen-bond acceptors (Lipinski definition) is 15. The van der Waals surface area contributed by atoms with Gasteiger partial charge < -0.3 is 33.8 Å². The molecular weight excluding hydrogens is 1260 g/mol. The molecule has 0 aliphatic heterocycles. The molecular formula is C77H150O17P2. The Morgan fingerprint density at radius 2 is 0.531 bits per heavy atom. The van der Waals surface area contributed by atoms with Gasteiger partial charge in [0.05, 0.1) is 26.4 Å². The van der Waals surface area contributed by atoms with Crippen LogP contribution in [-0.2, 0) is 65.4 Å². The summed E-state index contributed by atoms with van der Waals surface area (Å²) >= 11 is 0. The molecule has 0 radical (unpaired) electrons. The van der Waals surface area contributed by atoms with Crippen molar-refractivity contribution < 1.29 is 80.2 Å². The maximum atomic E-state index is 13.1. The number of carbonyl (C=O) groups excluding carboxylic acids is 4. The molecule has 7 atom stereocenters. The van der Waals surface area contributed by atoms with Crippen molar-refractivity contribution in [2.24, 2.45) is 17.8 Å². The molecule has 3 N–H and O–H groups in total. The van der Waals surface area contributed by atoms with E-state index in [9.17, 15) is 43.2 Å². The third-order valence-electron chi connectivity index (χ3n) is 18.6. The monoisotopic (exact) mass is 1410 g/mol. The van der Waals surface area contributed by atoms with Crippen molar-refractivity contribution in [2.75, 3.05) is 39.6 Å². The minimum atomic E-state index is -4.96. The lowest BCUT2D eigenvalue weighted by atomic mass is 9.99. The summed E-state index contributed by atoms with van der Waals surface area (Å²) < 4.78 is 68.6. The lowest BCUT2D eigenvalue weighted by Crippen LogP contribution is -2.30. The van der Waals surface area contributed by atoms with E-state index < -0.39 is 97.5 Å². The molecule has 0 rings (SSSR count). The highest BCUT2D eigenvalue weighted by atomic mass is 31.2. The maximum absolute atomic E-state index is 13.1. The third-order valence-corrected chi connectivity index (χ3v) is 20.5. The number of phosphoric ester groups is 2. The average Bonchev–Trinajstić information content (AvgIpc) is 1.65. The van der Waals surface area contributed by atoms with Crippen LogP contribution in [0.4, 0.5) is 0 Å². The van der Waals surface area contributed by atoms with Crippen LogP contribution in [0, 0.1) is 17.8 Å². The van der Waals surface area contributed by atoms with E-state index in [4.69, 9.17) is 37.0 Å². The molecule has 0 aromatic heterocycles. The molecule has 17 nitrogen and oxygen atoms in total. The fourth-order valence-electron chi connectivity index (χ4n) is 11.7. The van der Waals surface area contributed by atoms with E-state index in [1.807, 2.05) is 0 Å². The number of esters is 4. The lowest BCUT2D eigenvalue weighted by Gasteiger charge is -2.21. The summed E-state index contributed by atoms with van der Waals surface area (Å²) in [5.74, 6) is 0.304. The number of hydrogen-bond donors (Lipinski definition) is 3. The van der Waals surface area contributed by atoms with E-state index in [0.29, 0.717) is 25.7 Å². The SMILES string of the molecule is CCCCCCCCCCCCC(=O)OC[C@H](COP(=O)(O)OC[C@H](O)COP(=O)(O)OC[C@@H](COC(=O)CCCCCCCCCCCCCC(C)C)OC(=O)CCCCCCCCCCCCCCCCC(C)CC)OC(=O)CCCCCCCCCCCCC(C)CC. The van der Waals surface area contributed by atoms with Crippen LogP contribution in [0.1, 0.15) is 395 Å². The highest BCUT2D eigenvalue weighted by Gasteiger charge is 2.30. The second-order valence-electron chi connectivity index (χ2n) is 28.7. The van der Waals surface area contributed by atoms with Gasteiger partial charge in [-0.1, -0.05) is 344 Å². The standard InChI is InChI=1S/C77H150O17P2/c1-8-11-12-13-14-15-30-37-44-51-58-74(79)87-64-72(94-77(82)61-54-47-40-33-26-25-29-36-43-50-57-70(7)10-3)66-91-95(83,84)89-62-71(78)63-90-96(85,86)92-67-73(65-88-75(80)59-52-45-38-31-24-20-21-27-34-41-48-55-68(4)5)93-76(81)60-53-46-39-32-23-19-17-16-18-22-28-35-42-49-56-69(6)9-2/h68-73,78H,8-67H2,1-7H3,(H,83,84)(H,85,86)/t69?,70?,71-,72+,73+/m0/s1. The van der Waals surface area contributed by atoms with Crippen LogP contribution < -0.4 is 0 Å². The van der Waals surface area contributed by atoms with Gasteiger partial charge in [0, 0.05) is 25.7 Å². The zero-order valence-electron chi connectivity index (χ0n) is 62.8. The van der Waals surface area contributed by atoms with Crippen LogP contribution in [0.3, 0.4) is 0 Å². The average molecular weight is 1410 g/mol. The van der Waals surface area contributed by atoms with Crippen LogP contribution in [0.15, 0.2) is 0 Å². The summed E-state index contributed by atoms with van der Waals surface area (Å²) in [5, 5.41) is 10.6. The quantitative estimate of drug-likeness (QED) is 0.0222. The molecule has 0 fully saturated rings. The van der Waals surface area contributed by atoms with Gasteiger partial charge in [0.15, 0.2) is 12.2 Å². The number of aliphatic hydroxyl groups is 1. The van der Waals surface area contributed by atoms with Crippen LogP contribution in [-0.4, -0.2) is 96.7 Å². The van der Waals surface area contributed by atoms with Crippen molar-refractivity contribution in [3.05, 3.63) is 0 Å². The number of aliphatic hydroxyl groups excluding tert-OH is 1. The van der Waals surface area contributed by atoms with Gasteiger partial charge in [-0.05, 0) is 43.4 Å². The Morgan fingerprint density at radius 1 is 0.302 bits per heavy atom. The maximum Gasteiger partial charge on any atom is 0.472 e. The molecule has 19 heteroatoms. The summed E-state index contributed by atoms with van der Waals surface area (Å²) in [6.07, 6.45) is 53.8. The summed E-state index contributed by atoms with van der Waals surface area (Å²) in [7, 11) is -9.91. The van der Waals surface area contributed by atoms with Gasteiger partial charge in [-0.15, -0.1) is 0 Å². The minimum absolute atomic E-state index is 0.106. The van der Waals surface area contributed by atoms with Gasteiger partial charge in [-0.25, -0.2) is 9.13 Å². The molecule has 0 aliphatic rings. The number of carbonyl (C=O) groups is 4. The third kappa shape index (κ3) is 67.9. The van der Waals surface area contributed by atoms with Crippen molar-refractivity contribution >= 4 is 39.5 Å². The highest BCUT2D eigenvalue weighted by molar-refractivity contribution is 7.47. The molecule has 4 unspecified atom stereocenters. The van der Waals surface area contributed by atoms with Crippen LogP contribution in [0.5, 0.6) is 0 Å². The lowest BCUT2D eigenvalue weighted by molar-refractivity contribution is -0.161. The Bertz CT molecular complexity index is 1870. The topological polar surface area (TPSA) is 237 Å². The van der Waals surface area contributed by atoms with Gasteiger partial charge in [-0.2, -0.15) is 0 Å². The molecule has 0 heterocycles. The second-order valence-corrected chi connectivity index (χ2v) is 31.6. The van der Waals surface area contributed by atoms with Gasteiger partial charge in [-0.3, -0.25) is 37.3 Å². The number of rotatable bonds is 75. The first-order valence-electron chi connectivity index (χ1n) is 39.9. The first-order chi connectivity index (χ1) is 46.3. The number of unbranched alkanes of at least 4 members (excludes halogenated alkanes) is 41. The summed E-state index contributed by atoms with van der Waals surface area (Å²) in [6.45, 7) is 12.0. The summed E-state index contributed by atoms with van der Waals surface area (Å²) in [5.41, 5.74) is 0. The fourth-order valence-corrected chi connectivity index (χ4v) is 13.3.